The van der Waals surface area contributed by atoms with Gasteiger partial charge in [-0.1, -0.05) is 6.07 Å². The molecular weight excluding hydrogens is 397 g/mol. The van der Waals surface area contributed by atoms with E-state index in [2.05, 4.69) is 17.5 Å². The number of benzene rings is 1. The first-order valence-corrected chi connectivity index (χ1v) is 10.3. The molecule has 132 valence electrons. The fraction of sp³-hybridized carbons (Fsp3) is 0.154. The maximum absolute atomic E-state index is 13.1. The summed E-state index contributed by atoms with van der Waals surface area (Å²) in [5.74, 6) is 0. The molecule has 1 aromatic carbocycles. The van der Waals surface area contributed by atoms with Crippen LogP contribution in [-0.4, -0.2) is 28.4 Å². The number of nitrogens with zero attached hydrogens (tertiary/aromatic N) is 4. The number of hydrogen-bond donors (Lipinski definition) is 0. The molecule has 3 rings (SSSR count). The second kappa shape index (κ2) is 6.42. The number of halogens is 3. The normalized spacial score (nSPS) is 14.1. The molecule has 0 fully saturated rings. The topological polar surface area (TPSA) is 85.2 Å². The minimum atomic E-state index is -4.65. The van der Waals surface area contributed by atoms with Crippen molar-refractivity contribution in [1.29, 1.82) is 0 Å². The number of sulfonamides is 1. The summed E-state index contributed by atoms with van der Waals surface area (Å²) in [5.41, 5.74) is -0.482. The minimum Gasteiger partial charge on any atom is -0.248 e. The molecule has 0 aliphatic rings. The van der Waals surface area contributed by atoms with Gasteiger partial charge in [-0.15, -0.1) is 3.77 Å². The van der Waals surface area contributed by atoms with Crippen molar-refractivity contribution in [3.63, 3.8) is 0 Å². The van der Waals surface area contributed by atoms with Gasteiger partial charge < -0.3 is 0 Å². The van der Waals surface area contributed by atoms with Gasteiger partial charge in [-0.25, -0.2) is 4.98 Å². The van der Waals surface area contributed by atoms with E-state index in [1.807, 2.05) is 0 Å². The molecule has 0 N–H and O–H groups in total. The fourth-order valence-electron chi connectivity index (χ4n) is 2.05. The summed E-state index contributed by atoms with van der Waals surface area (Å²) in [7, 11) is -5.86. The van der Waals surface area contributed by atoms with E-state index in [0.29, 0.717) is 5.52 Å². The van der Waals surface area contributed by atoms with E-state index in [4.69, 9.17) is 0 Å². The molecule has 0 radical (unpaired) electrons. The summed E-state index contributed by atoms with van der Waals surface area (Å²) >= 11 is 0.839. The second-order valence-corrected chi connectivity index (χ2v) is 8.63. The molecule has 0 aliphatic carbocycles. The Morgan fingerprint density at radius 1 is 1.16 bits per heavy atom. The number of alkyl halides is 3. The van der Waals surface area contributed by atoms with Crippen molar-refractivity contribution in [3.05, 3.63) is 42.1 Å². The summed E-state index contributed by atoms with van der Waals surface area (Å²) in [6.45, 7) is 0. The van der Waals surface area contributed by atoms with E-state index in [-0.39, 0.29) is 10.4 Å². The van der Waals surface area contributed by atoms with Crippen molar-refractivity contribution in [2.45, 2.75) is 16.1 Å². The lowest BCUT2D eigenvalue weighted by molar-refractivity contribution is -0.140. The van der Waals surface area contributed by atoms with Gasteiger partial charge in [-0.2, -0.15) is 30.3 Å². The van der Waals surface area contributed by atoms with Crippen molar-refractivity contribution < 1.29 is 21.6 Å². The third-order valence-corrected chi connectivity index (χ3v) is 7.09. The molecule has 6 nitrogen and oxygen atoms in total. The monoisotopic (exact) mass is 406 g/mol. The molecule has 0 saturated carbocycles. The average Bonchev–Trinajstić information content (AvgIpc) is 3.02. The lowest BCUT2D eigenvalue weighted by Crippen LogP contribution is -2.12. The molecule has 0 amide bonds. The van der Waals surface area contributed by atoms with Gasteiger partial charge in [0.1, 0.15) is 21.0 Å². The van der Waals surface area contributed by atoms with Gasteiger partial charge in [0.2, 0.25) is 0 Å². The highest BCUT2D eigenvalue weighted by Crippen LogP contribution is 2.33. The Bertz CT molecular complexity index is 1080. The minimum absolute atomic E-state index is 0.144. The highest BCUT2D eigenvalue weighted by molar-refractivity contribution is 8.00. The average molecular weight is 406 g/mol. The summed E-state index contributed by atoms with van der Waals surface area (Å²) in [5, 5.41) is -0.429. The first kappa shape index (κ1) is 17.9. The van der Waals surface area contributed by atoms with Crippen LogP contribution in [0.25, 0.3) is 11.0 Å². The predicted octanol–water partition coefficient (Wildman–Crippen LogP) is 3.28. The van der Waals surface area contributed by atoms with E-state index in [0.717, 1.165) is 23.9 Å². The van der Waals surface area contributed by atoms with Crippen molar-refractivity contribution in [3.8, 4) is 0 Å². The summed E-state index contributed by atoms with van der Waals surface area (Å²) in [6.07, 6.45) is -2.21. The van der Waals surface area contributed by atoms with Crippen LogP contribution < -0.4 is 0 Å². The van der Waals surface area contributed by atoms with Gasteiger partial charge in [0.15, 0.2) is 0 Å². The molecule has 2 heterocycles. The molecule has 3 aromatic rings. The Morgan fingerprint density at radius 2 is 1.92 bits per heavy atom. The Kier molecular flexibility index (Phi) is 4.60. The van der Waals surface area contributed by atoms with Gasteiger partial charge in [0.05, 0.1) is 17.3 Å². The van der Waals surface area contributed by atoms with Crippen LogP contribution in [0, 0.1) is 0 Å². The van der Waals surface area contributed by atoms with Crippen LogP contribution in [0.5, 0.6) is 0 Å². The van der Waals surface area contributed by atoms with Gasteiger partial charge in [-0.3, -0.25) is 0 Å². The Balaban J connectivity index is 2.13. The number of hydrogen-bond acceptors (Lipinski definition) is 6. The first-order chi connectivity index (χ1) is 11.7. The molecule has 12 heteroatoms. The Hall–Kier alpha value is -1.92. The number of fused-ring (bicyclic) bond motifs is 1. The van der Waals surface area contributed by atoms with Crippen LogP contribution >= 0.6 is 11.7 Å². The zero-order valence-corrected chi connectivity index (χ0v) is 14.9. The molecule has 0 aliphatic heterocycles. The largest absolute Gasteiger partial charge is 0.419 e. The van der Waals surface area contributed by atoms with E-state index in [9.17, 15) is 21.6 Å². The first-order valence-electron chi connectivity index (χ1n) is 6.58. The number of aromatic nitrogens is 3. The van der Waals surface area contributed by atoms with E-state index < -0.39 is 37.5 Å². The van der Waals surface area contributed by atoms with Crippen LogP contribution in [0.4, 0.5) is 13.2 Å². The van der Waals surface area contributed by atoms with E-state index in [1.165, 1.54) is 24.6 Å². The zero-order valence-electron chi connectivity index (χ0n) is 12.4. The standard InChI is InChI=1S/C13H9F3N4O2S3/c1-24(12-8(13(14,15)16)4-3-7-17-12)20-25(21,22)10-6-2-5-9-11(10)19-23-18-9/h2-7H,1H3. The Morgan fingerprint density at radius 3 is 2.64 bits per heavy atom. The number of pyridine rings is 1. The summed E-state index contributed by atoms with van der Waals surface area (Å²) < 4.78 is 75.9. The predicted molar refractivity (Wildman–Crippen MR) is 87.8 cm³/mol. The molecule has 0 saturated heterocycles. The summed E-state index contributed by atoms with van der Waals surface area (Å²) in [4.78, 5) is 3.49. The molecule has 2 aromatic heterocycles. The molecule has 25 heavy (non-hydrogen) atoms. The summed E-state index contributed by atoms with van der Waals surface area (Å²) in [6, 6.07) is 6.34. The van der Waals surface area contributed by atoms with Crippen LogP contribution in [0.1, 0.15) is 5.56 Å². The quantitative estimate of drug-likeness (QED) is 0.666. The maximum atomic E-state index is 13.1. The maximum Gasteiger partial charge on any atom is 0.419 e. The van der Waals surface area contributed by atoms with E-state index in [1.54, 1.807) is 6.07 Å². The van der Waals surface area contributed by atoms with Crippen molar-refractivity contribution in [1.82, 2.24) is 13.7 Å². The fourth-order valence-corrected chi connectivity index (χ4v) is 5.80. The Labute approximate surface area is 147 Å². The highest BCUT2D eigenvalue weighted by Gasteiger charge is 2.35. The third kappa shape index (κ3) is 3.55. The third-order valence-electron chi connectivity index (χ3n) is 3.09. The van der Waals surface area contributed by atoms with Gasteiger partial charge in [-0.05, 0) is 41.2 Å². The van der Waals surface area contributed by atoms with Crippen LogP contribution in [0.3, 0.4) is 0 Å². The molecular formula is C13H9F3N4O2S3. The van der Waals surface area contributed by atoms with Gasteiger partial charge >= 0.3 is 6.18 Å². The second-order valence-electron chi connectivity index (χ2n) is 4.77. The smallest absolute Gasteiger partial charge is 0.248 e. The number of rotatable bonds is 3. The zero-order chi connectivity index (χ0) is 18.2. The van der Waals surface area contributed by atoms with Crippen LogP contribution in [-0.2, 0) is 26.9 Å². The van der Waals surface area contributed by atoms with Crippen molar-refractivity contribution in [2.24, 2.45) is 3.77 Å². The van der Waals surface area contributed by atoms with E-state index >= 15 is 0 Å². The molecule has 0 bridgehead atoms. The van der Waals surface area contributed by atoms with Crippen LogP contribution in [0.15, 0.2) is 50.2 Å². The molecule has 1 unspecified atom stereocenters. The lowest BCUT2D eigenvalue weighted by atomic mass is 10.3. The molecule has 1 atom stereocenters. The highest BCUT2D eigenvalue weighted by atomic mass is 32.3. The van der Waals surface area contributed by atoms with Gasteiger partial charge in [0, 0.05) is 6.20 Å². The van der Waals surface area contributed by atoms with Crippen molar-refractivity contribution in [2.75, 3.05) is 6.26 Å². The molecule has 0 spiro atoms. The lowest BCUT2D eigenvalue weighted by Gasteiger charge is -2.11. The SMILES string of the molecule is C/S(=N\S(=O)(=O)c1cccc2nsnc12)c1ncccc1C(F)(F)F. The van der Waals surface area contributed by atoms with Crippen LogP contribution in [0.2, 0.25) is 0 Å². The van der Waals surface area contributed by atoms with Gasteiger partial charge in [0.25, 0.3) is 10.0 Å². The van der Waals surface area contributed by atoms with Crippen molar-refractivity contribution >= 4 is 43.5 Å².